The van der Waals surface area contributed by atoms with Gasteiger partial charge in [-0.15, -0.1) is 0 Å². The van der Waals surface area contributed by atoms with Crippen LogP contribution in [0.25, 0.3) is 10.9 Å². The minimum atomic E-state index is -0.529. The number of aromatic nitrogens is 2. The van der Waals surface area contributed by atoms with E-state index in [0.717, 1.165) is 0 Å². The van der Waals surface area contributed by atoms with Crippen LogP contribution in [0.3, 0.4) is 0 Å². The van der Waals surface area contributed by atoms with Crippen LogP contribution in [0.4, 0.5) is 0 Å². The molecular formula is C9H3Cl2N3O. The summed E-state index contributed by atoms with van der Waals surface area (Å²) >= 11 is 11.6. The number of hydrogen-bond donors (Lipinski definition) is 1. The molecule has 2 aromatic rings. The Hall–Kier alpha value is -1.57. The maximum atomic E-state index is 11.3. The Bertz CT molecular complexity index is 642. The fraction of sp³-hybridized carbons (Fsp3) is 0. The molecule has 0 fully saturated rings. The molecular weight excluding hydrogens is 237 g/mol. The molecule has 2 aromatic heterocycles. The summed E-state index contributed by atoms with van der Waals surface area (Å²) in [4.78, 5) is 17.6. The zero-order chi connectivity index (χ0) is 11.0. The Balaban J connectivity index is 3.00. The van der Waals surface area contributed by atoms with Gasteiger partial charge in [0.05, 0.1) is 16.7 Å². The number of nitrogens with zero attached hydrogens (tertiary/aromatic N) is 2. The lowest BCUT2D eigenvalue weighted by Crippen LogP contribution is -2.10. The van der Waals surface area contributed by atoms with Gasteiger partial charge in [-0.25, -0.2) is 4.98 Å². The van der Waals surface area contributed by atoms with Crippen molar-refractivity contribution in [3.8, 4) is 6.07 Å². The summed E-state index contributed by atoms with van der Waals surface area (Å²) in [6.45, 7) is 0. The number of fused-ring (bicyclic) bond motifs is 1. The van der Waals surface area contributed by atoms with Gasteiger partial charge in [-0.05, 0) is 6.07 Å². The van der Waals surface area contributed by atoms with E-state index in [0.29, 0.717) is 10.9 Å². The van der Waals surface area contributed by atoms with Crippen molar-refractivity contribution in [2.24, 2.45) is 0 Å². The third-order valence-electron chi connectivity index (χ3n) is 1.91. The maximum Gasteiger partial charge on any atom is 0.267 e. The number of nitriles is 1. The van der Waals surface area contributed by atoms with Crippen molar-refractivity contribution in [3.05, 3.63) is 38.4 Å². The van der Waals surface area contributed by atoms with Crippen LogP contribution < -0.4 is 5.56 Å². The topological polar surface area (TPSA) is 69.5 Å². The summed E-state index contributed by atoms with van der Waals surface area (Å²) in [6.07, 6.45) is 1.39. The summed E-state index contributed by atoms with van der Waals surface area (Å²) in [7, 11) is 0. The number of pyridine rings is 2. The van der Waals surface area contributed by atoms with E-state index in [1.807, 2.05) is 0 Å². The van der Waals surface area contributed by atoms with Gasteiger partial charge in [-0.2, -0.15) is 5.26 Å². The third-order valence-corrected chi connectivity index (χ3v) is 2.51. The predicted molar refractivity (Wildman–Crippen MR) is 57.1 cm³/mol. The fourth-order valence-corrected chi connectivity index (χ4v) is 1.67. The minimum absolute atomic E-state index is 0.0977. The van der Waals surface area contributed by atoms with Gasteiger partial charge in [0.25, 0.3) is 5.56 Å². The molecule has 0 aliphatic rings. The summed E-state index contributed by atoms with van der Waals surface area (Å²) in [6, 6.07) is 3.23. The van der Waals surface area contributed by atoms with E-state index >= 15 is 0 Å². The first-order valence-electron chi connectivity index (χ1n) is 3.90. The fourth-order valence-electron chi connectivity index (χ4n) is 1.23. The normalized spacial score (nSPS) is 10.2. The molecule has 0 aromatic carbocycles. The lowest BCUT2D eigenvalue weighted by molar-refractivity contribution is 1.24. The van der Waals surface area contributed by atoms with E-state index in [1.165, 1.54) is 12.3 Å². The smallest absolute Gasteiger partial charge is 0.267 e. The Morgan fingerprint density at radius 3 is 2.87 bits per heavy atom. The Morgan fingerprint density at radius 2 is 2.20 bits per heavy atom. The van der Waals surface area contributed by atoms with Crippen molar-refractivity contribution < 1.29 is 0 Å². The number of rotatable bonds is 0. The third kappa shape index (κ3) is 1.56. The summed E-state index contributed by atoms with van der Waals surface area (Å²) in [5.74, 6) is 0. The maximum absolute atomic E-state index is 11.3. The molecule has 0 aliphatic carbocycles. The van der Waals surface area contributed by atoms with Gasteiger partial charge in [0.15, 0.2) is 0 Å². The second kappa shape index (κ2) is 3.54. The van der Waals surface area contributed by atoms with Crippen molar-refractivity contribution in [3.63, 3.8) is 0 Å². The van der Waals surface area contributed by atoms with Gasteiger partial charge < -0.3 is 4.98 Å². The predicted octanol–water partition coefficient (Wildman–Crippen LogP) is 2.10. The van der Waals surface area contributed by atoms with Gasteiger partial charge in [0.1, 0.15) is 16.8 Å². The number of halogens is 2. The molecule has 74 valence electrons. The van der Waals surface area contributed by atoms with E-state index in [2.05, 4.69) is 9.97 Å². The van der Waals surface area contributed by atoms with Crippen molar-refractivity contribution >= 4 is 34.1 Å². The molecule has 2 heterocycles. The van der Waals surface area contributed by atoms with E-state index in [-0.39, 0.29) is 15.7 Å². The van der Waals surface area contributed by atoms with E-state index < -0.39 is 5.56 Å². The highest BCUT2D eigenvalue weighted by Crippen LogP contribution is 2.24. The van der Waals surface area contributed by atoms with Crippen LogP contribution in [0, 0.1) is 11.3 Å². The molecule has 6 heteroatoms. The lowest BCUT2D eigenvalue weighted by Gasteiger charge is -2.01. The highest BCUT2D eigenvalue weighted by molar-refractivity contribution is 6.37. The average Bonchev–Trinajstić information content (AvgIpc) is 2.20. The van der Waals surface area contributed by atoms with Crippen LogP contribution in [-0.2, 0) is 0 Å². The van der Waals surface area contributed by atoms with E-state index in [9.17, 15) is 4.79 Å². The number of H-pyrrole nitrogens is 1. The molecule has 0 saturated heterocycles. The van der Waals surface area contributed by atoms with E-state index in [4.69, 9.17) is 28.5 Å². The molecule has 0 unspecified atom stereocenters. The van der Waals surface area contributed by atoms with Crippen LogP contribution in [0.5, 0.6) is 0 Å². The van der Waals surface area contributed by atoms with Gasteiger partial charge >= 0.3 is 0 Å². The largest absolute Gasteiger partial charge is 0.319 e. The summed E-state index contributed by atoms with van der Waals surface area (Å²) < 4.78 is 0. The number of aromatic amines is 1. The second-order valence-corrected chi connectivity index (χ2v) is 3.57. The van der Waals surface area contributed by atoms with Crippen LogP contribution in [-0.4, -0.2) is 9.97 Å². The highest BCUT2D eigenvalue weighted by atomic mass is 35.5. The van der Waals surface area contributed by atoms with Crippen LogP contribution >= 0.6 is 23.2 Å². The SMILES string of the molecule is N#Cc1c(Cl)c2cc(Cl)ncc2[nH]c1=O. The first-order valence-corrected chi connectivity index (χ1v) is 4.66. The Labute approximate surface area is 94.1 Å². The standard InChI is InChI=1S/C9H3Cl2N3O/c10-7-1-4-6(3-13-7)14-9(15)5(2-12)8(4)11/h1,3H,(H,14,15). The molecule has 1 N–H and O–H groups in total. The van der Waals surface area contributed by atoms with Gasteiger partial charge in [0.2, 0.25) is 0 Å². The van der Waals surface area contributed by atoms with Crippen LogP contribution in [0.1, 0.15) is 5.56 Å². The second-order valence-electron chi connectivity index (χ2n) is 2.81. The molecule has 0 saturated carbocycles. The number of nitrogens with one attached hydrogen (secondary N) is 1. The molecule has 4 nitrogen and oxygen atoms in total. The van der Waals surface area contributed by atoms with Crippen molar-refractivity contribution in [2.45, 2.75) is 0 Å². The first-order chi connectivity index (χ1) is 7.13. The summed E-state index contributed by atoms with van der Waals surface area (Å²) in [5.41, 5.74) is -0.195. The Kier molecular flexibility index (Phi) is 2.35. The molecule has 0 spiro atoms. The minimum Gasteiger partial charge on any atom is -0.319 e. The number of hydrogen-bond acceptors (Lipinski definition) is 3. The van der Waals surface area contributed by atoms with Crippen molar-refractivity contribution in [2.75, 3.05) is 0 Å². The molecule has 0 amide bonds. The van der Waals surface area contributed by atoms with Gasteiger partial charge in [-0.3, -0.25) is 4.79 Å². The zero-order valence-electron chi connectivity index (χ0n) is 7.21. The molecule has 0 bridgehead atoms. The van der Waals surface area contributed by atoms with Gasteiger partial charge in [-0.1, -0.05) is 23.2 Å². The summed E-state index contributed by atoms with van der Waals surface area (Å²) in [5, 5.41) is 9.58. The van der Waals surface area contributed by atoms with Crippen LogP contribution in [0.2, 0.25) is 10.2 Å². The average molecular weight is 240 g/mol. The van der Waals surface area contributed by atoms with E-state index in [1.54, 1.807) is 6.07 Å². The molecule has 15 heavy (non-hydrogen) atoms. The first kappa shape index (κ1) is 9.97. The molecule has 0 radical (unpaired) electrons. The van der Waals surface area contributed by atoms with Crippen LogP contribution in [0.15, 0.2) is 17.1 Å². The van der Waals surface area contributed by atoms with Gasteiger partial charge in [0, 0.05) is 5.39 Å². The zero-order valence-corrected chi connectivity index (χ0v) is 8.73. The highest BCUT2D eigenvalue weighted by Gasteiger charge is 2.10. The quantitative estimate of drug-likeness (QED) is 0.716. The van der Waals surface area contributed by atoms with Crippen molar-refractivity contribution in [1.29, 1.82) is 5.26 Å². The van der Waals surface area contributed by atoms with Crippen molar-refractivity contribution in [1.82, 2.24) is 9.97 Å². The Morgan fingerprint density at radius 1 is 1.47 bits per heavy atom. The monoisotopic (exact) mass is 239 g/mol. The molecule has 0 atom stereocenters. The molecule has 0 aliphatic heterocycles. The molecule has 2 rings (SSSR count). The lowest BCUT2D eigenvalue weighted by atomic mass is 10.2.